The largest absolute Gasteiger partial charge is 0.471 e. The maximum atomic E-state index is 12.7. The normalized spacial score (nSPS) is 22.8. The summed E-state index contributed by atoms with van der Waals surface area (Å²) in [5, 5.41) is 3.58. The van der Waals surface area contributed by atoms with Crippen molar-refractivity contribution < 1.29 is 14.3 Å². The molecule has 0 aromatic carbocycles. The van der Waals surface area contributed by atoms with Gasteiger partial charge >= 0.3 is 0 Å². The van der Waals surface area contributed by atoms with E-state index in [1.54, 1.807) is 12.3 Å². The molecule has 5 nitrogen and oxygen atoms in total. The number of nitrogens with one attached hydrogen (secondary N) is 1. The van der Waals surface area contributed by atoms with Crippen molar-refractivity contribution >= 4 is 17.5 Å². The predicted molar refractivity (Wildman–Crippen MR) is 111 cm³/mol. The summed E-state index contributed by atoms with van der Waals surface area (Å²) in [6.45, 7) is 1.26. The highest BCUT2D eigenvalue weighted by molar-refractivity contribution is 6.32. The lowest BCUT2D eigenvalue weighted by Gasteiger charge is -2.20. The average molecular weight is 409 g/mol. The molecule has 2 aliphatic rings. The summed E-state index contributed by atoms with van der Waals surface area (Å²) in [6, 6.07) is 1.89. The Morgan fingerprint density at radius 1 is 1.04 bits per heavy atom. The molecule has 1 atom stereocenters. The molecule has 156 valence electrons. The van der Waals surface area contributed by atoms with Crippen LogP contribution < -0.4 is 10.1 Å². The van der Waals surface area contributed by atoms with E-state index in [0.29, 0.717) is 29.7 Å². The lowest BCUT2D eigenvalue weighted by atomic mass is 9.98. The van der Waals surface area contributed by atoms with Crippen LogP contribution >= 0.6 is 11.6 Å². The van der Waals surface area contributed by atoms with Crippen LogP contribution in [0.5, 0.6) is 5.88 Å². The van der Waals surface area contributed by atoms with Gasteiger partial charge in [-0.3, -0.25) is 4.79 Å². The second-order valence-electron chi connectivity index (χ2n) is 8.04. The van der Waals surface area contributed by atoms with E-state index in [1.807, 2.05) is 0 Å². The first-order valence-corrected chi connectivity index (χ1v) is 11.3. The fourth-order valence-electron chi connectivity index (χ4n) is 3.98. The fraction of sp³-hybridized carbons (Fsp3) is 0.727. The third-order valence-corrected chi connectivity index (χ3v) is 5.95. The number of ether oxygens (including phenoxy) is 2. The zero-order valence-corrected chi connectivity index (χ0v) is 17.5. The van der Waals surface area contributed by atoms with Gasteiger partial charge in [-0.1, -0.05) is 69.4 Å². The van der Waals surface area contributed by atoms with Gasteiger partial charge in [-0.2, -0.15) is 0 Å². The predicted octanol–water partition coefficient (Wildman–Crippen LogP) is 5.31. The van der Waals surface area contributed by atoms with Crippen LogP contribution in [-0.2, 0) is 4.74 Å². The topological polar surface area (TPSA) is 60.5 Å². The molecule has 1 unspecified atom stereocenters. The van der Waals surface area contributed by atoms with E-state index in [1.165, 1.54) is 57.8 Å². The molecule has 1 N–H and O–H groups in total. The summed E-state index contributed by atoms with van der Waals surface area (Å²) in [5.74, 6) is 0.280. The summed E-state index contributed by atoms with van der Waals surface area (Å²) >= 11 is 6.31. The minimum Gasteiger partial charge on any atom is -0.471 e. The van der Waals surface area contributed by atoms with E-state index in [2.05, 4.69) is 10.3 Å². The molecule has 1 saturated carbocycles. The Morgan fingerprint density at radius 3 is 2.25 bits per heavy atom. The average Bonchev–Trinajstić information content (AvgIpc) is 3.18. The first kappa shape index (κ1) is 21.4. The van der Waals surface area contributed by atoms with Gasteiger partial charge in [0.15, 0.2) is 0 Å². The van der Waals surface area contributed by atoms with Crippen molar-refractivity contribution in [3.8, 4) is 5.88 Å². The molecule has 1 aromatic rings. The summed E-state index contributed by atoms with van der Waals surface area (Å²) in [5.41, 5.74) is 0.492. The van der Waals surface area contributed by atoms with Crippen LogP contribution in [0, 0.1) is 0 Å². The quantitative estimate of drug-likeness (QED) is 0.733. The number of rotatable bonds is 4. The smallest absolute Gasteiger partial charge is 0.253 e. The van der Waals surface area contributed by atoms with E-state index in [-0.39, 0.29) is 18.1 Å². The molecular weight excluding hydrogens is 376 g/mol. The van der Waals surface area contributed by atoms with Crippen LogP contribution in [0.1, 0.15) is 87.4 Å². The van der Waals surface area contributed by atoms with Crippen LogP contribution in [0.15, 0.2) is 12.3 Å². The number of hydrogen-bond donors (Lipinski definition) is 1. The highest BCUT2D eigenvalue weighted by Gasteiger charge is 2.20. The van der Waals surface area contributed by atoms with E-state index in [4.69, 9.17) is 21.1 Å². The maximum Gasteiger partial charge on any atom is 0.253 e. The van der Waals surface area contributed by atoms with Gasteiger partial charge in [0.25, 0.3) is 5.91 Å². The highest BCUT2D eigenvalue weighted by atomic mass is 35.5. The van der Waals surface area contributed by atoms with Gasteiger partial charge in [0.05, 0.1) is 18.8 Å². The number of carbonyl (C=O) groups excluding carboxylic acids is 1. The van der Waals surface area contributed by atoms with E-state index >= 15 is 0 Å². The summed E-state index contributed by atoms with van der Waals surface area (Å²) in [6.07, 6.45) is 16.1. The van der Waals surface area contributed by atoms with Crippen molar-refractivity contribution in [2.24, 2.45) is 0 Å². The highest BCUT2D eigenvalue weighted by Crippen LogP contribution is 2.25. The number of hydrogen-bond acceptors (Lipinski definition) is 4. The van der Waals surface area contributed by atoms with Crippen LogP contribution in [-0.4, -0.2) is 36.3 Å². The fourth-order valence-corrected chi connectivity index (χ4v) is 4.19. The molecule has 6 heteroatoms. The number of halogens is 1. The van der Waals surface area contributed by atoms with Gasteiger partial charge in [0.1, 0.15) is 11.1 Å². The third-order valence-electron chi connectivity index (χ3n) is 5.68. The molecule has 0 bridgehead atoms. The van der Waals surface area contributed by atoms with E-state index < -0.39 is 0 Å². The zero-order chi connectivity index (χ0) is 19.6. The summed E-state index contributed by atoms with van der Waals surface area (Å²) in [7, 11) is 0. The number of carbonyl (C=O) groups is 1. The van der Waals surface area contributed by atoms with E-state index in [0.717, 1.165) is 19.3 Å². The van der Waals surface area contributed by atoms with Crippen LogP contribution in [0.4, 0.5) is 0 Å². The lowest BCUT2D eigenvalue weighted by molar-refractivity contribution is 0.0930. The van der Waals surface area contributed by atoms with Crippen molar-refractivity contribution in [2.45, 2.75) is 89.2 Å². The van der Waals surface area contributed by atoms with Gasteiger partial charge in [0, 0.05) is 18.7 Å². The van der Waals surface area contributed by atoms with Gasteiger partial charge < -0.3 is 14.8 Å². The number of pyridine rings is 1. The summed E-state index contributed by atoms with van der Waals surface area (Å²) in [4.78, 5) is 17.0. The monoisotopic (exact) mass is 408 g/mol. The standard InChI is InChI=1S/C22H33ClN2O3/c23-20-14-17(15-24-22(20)28-19-12-13-27-16-19)21(26)25-18-10-8-6-4-2-1-3-5-7-9-11-18/h14-15,18-19H,1-13,16H2,(H,25,26). The molecule has 2 heterocycles. The number of nitrogens with zero attached hydrogens (tertiary/aromatic N) is 1. The van der Waals surface area contributed by atoms with Crippen LogP contribution in [0.2, 0.25) is 5.02 Å². The van der Waals surface area contributed by atoms with Crippen molar-refractivity contribution in [1.29, 1.82) is 0 Å². The first-order chi connectivity index (χ1) is 13.7. The Morgan fingerprint density at radius 2 is 1.68 bits per heavy atom. The Kier molecular flexibility index (Phi) is 8.87. The Balaban J connectivity index is 1.54. The van der Waals surface area contributed by atoms with Crippen molar-refractivity contribution in [1.82, 2.24) is 10.3 Å². The molecule has 0 radical (unpaired) electrons. The second kappa shape index (κ2) is 11.6. The number of amides is 1. The van der Waals surface area contributed by atoms with Crippen molar-refractivity contribution in [2.75, 3.05) is 13.2 Å². The molecule has 1 aromatic heterocycles. The van der Waals surface area contributed by atoms with Gasteiger partial charge in [-0.25, -0.2) is 4.98 Å². The van der Waals surface area contributed by atoms with Gasteiger partial charge in [0.2, 0.25) is 5.88 Å². The molecule has 3 rings (SSSR count). The minimum atomic E-state index is -0.0951. The Hall–Kier alpha value is -1.33. The molecule has 1 saturated heterocycles. The van der Waals surface area contributed by atoms with Crippen LogP contribution in [0.3, 0.4) is 0 Å². The third kappa shape index (κ3) is 6.93. The first-order valence-electron chi connectivity index (χ1n) is 10.9. The molecule has 1 aliphatic carbocycles. The van der Waals surface area contributed by atoms with E-state index in [9.17, 15) is 4.79 Å². The minimum absolute atomic E-state index is 0.0131. The van der Waals surface area contributed by atoms with Crippen LogP contribution in [0.25, 0.3) is 0 Å². The summed E-state index contributed by atoms with van der Waals surface area (Å²) < 4.78 is 11.1. The van der Waals surface area contributed by atoms with Gasteiger partial charge in [-0.15, -0.1) is 0 Å². The Bertz CT molecular complexity index is 608. The molecule has 1 aliphatic heterocycles. The zero-order valence-electron chi connectivity index (χ0n) is 16.8. The molecular formula is C22H33ClN2O3. The lowest BCUT2D eigenvalue weighted by Crippen LogP contribution is -2.35. The van der Waals surface area contributed by atoms with Crippen molar-refractivity contribution in [3.63, 3.8) is 0 Å². The van der Waals surface area contributed by atoms with Gasteiger partial charge in [-0.05, 0) is 18.9 Å². The SMILES string of the molecule is O=C(NC1CCCCCCCCCCC1)c1cnc(OC2CCOC2)c(Cl)c1. The molecule has 1 amide bonds. The maximum absolute atomic E-state index is 12.7. The second-order valence-corrected chi connectivity index (χ2v) is 8.45. The number of aromatic nitrogens is 1. The molecule has 28 heavy (non-hydrogen) atoms. The molecule has 2 fully saturated rings. The van der Waals surface area contributed by atoms with Crippen molar-refractivity contribution in [3.05, 3.63) is 22.8 Å². The Labute approximate surface area is 173 Å². The molecule has 0 spiro atoms.